The summed E-state index contributed by atoms with van der Waals surface area (Å²) in [4.78, 5) is 17.9. The SMILES string of the molecule is CCNc1nc2ccccc2cc1CN1CCOC1=O. The van der Waals surface area contributed by atoms with Gasteiger partial charge in [-0.05, 0) is 19.1 Å². The van der Waals surface area contributed by atoms with Gasteiger partial charge in [0.1, 0.15) is 12.4 Å². The number of anilines is 1. The van der Waals surface area contributed by atoms with E-state index in [1.165, 1.54) is 0 Å². The van der Waals surface area contributed by atoms with E-state index in [1.54, 1.807) is 4.90 Å². The Hall–Kier alpha value is -2.30. The van der Waals surface area contributed by atoms with E-state index in [0.717, 1.165) is 28.8 Å². The molecule has 5 heteroatoms. The van der Waals surface area contributed by atoms with Gasteiger partial charge in [-0.1, -0.05) is 18.2 Å². The van der Waals surface area contributed by atoms with Gasteiger partial charge in [0.15, 0.2) is 0 Å². The number of cyclic esters (lactones) is 1. The van der Waals surface area contributed by atoms with Crippen molar-refractivity contribution in [3.63, 3.8) is 0 Å². The first-order valence-corrected chi connectivity index (χ1v) is 6.82. The summed E-state index contributed by atoms with van der Waals surface area (Å²) < 4.78 is 4.97. The number of nitrogens with zero attached hydrogens (tertiary/aromatic N) is 2. The zero-order valence-corrected chi connectivity index (χ0v) is 11.4. The highest BCUT2D eigenvalue weighted by atomic mass is 16.6. The van der Waals surface area contributed by atoms with Crippen LogP contribution in [0.25, 0.3) is 10.9 Å². The normalized spacial score (nSPS) is 14.7. The van der Waals surface area contributed by atoms with Crippen molar-refractivity contribution in [2.24, 2.45) is 0 Å². The molecule has 1 aliphatic heterocycles. The number of fused-ring (bicyclic) bond motifs is 1. The monoisotopic (exact) mass is 271 g/mol. The van der Waals surface area contributed by atoms with E-state index >= 15 is 0 Å². The van der Waals surface area contributed by atoms with E-state index in [0.29, 0.717) is 19.7 Å². The molecule has 104 valence electrons. The maximum atomic E-state index is 11.6. The lowest BCUT2D eigenvalue weighted by Crippen LogP contribution is -2.24. The second-order valence-electron chi connectivity index (χ2n) is 4.76. The standard InChI is InChI=1S/C15H17N3O2/c1-2-16-14-12(10-18-7-8-20-15(18)19)9-11-5-3-4-6-13(11)17-14/h3-6,9H,2,7-8,10H2,1H3,(H,16,17). The van der Waals surface area contributed by atoms with Crippen LogP contribution in [0.4, 0.5) is 10.6 Å². The molecule has 0 saturated carbocycles. The van der Waals surface area contributed by atoms with Crippen LogP contribution in [0.15, 0.2) is 30.3 Å². The van der Waals surface area contributed by atoms with E-state index < -0.39 is 0 Å². The molecule has 0 aliphatic carbocycles. The number of hydrogen-bond acceptors (Lipinski definition) is 4. The number of carbonyl (C=O) groups excluding carboxylic acids is 1. The van der Waals surface area contributed by atoms with Crippen molar-refractivity contribution in [3.8, 4) is 0 Å². The van der Waals surface area contributed by atoms with Crippen LogP contribution in [0, 0.1) is 0 Å². The first-order chi connectivity index (χ1) is 9.78. The lowest BCUT2D eigenvalue weighted by Gasteiger charge is -2.16. The van der Waals surface area contributed by atoms with Gasteiger partial charge in [0.05, 0.1) is 18.6 Å². The van der Waals surface area contributed by atoms with Crippen LogP contribution >= 0.6 is 0 Å². The summed E-state index contributed by atoms with van der Waals surface area (Å²) in [5, 5.41) is 4.35. The summed E-state index contributed by atoms with van der Waals surface area (Å²) in [5.74, 6) is 0.839. The van der Waals surface area contributed by atoms with Crippen molar-refractivity contribution >= 4 is 22.8 Å². The topological polar surface area (TPSA) is 54.5 Å². The Morgan fingerprint density at radius 1 is 1.40 bits per heavy atom. The lowest BCUT2D eigenvalue weighted by molar-refractivity contribution is 0.157. The number of aromatic nitrogens is 1. The Bertz CT molecular complexity index is 642. The van der Waals surface area contributed by atoms with E-state index in [1.807, 2.05) is 31.2 Å². The van der Waals surface area contributed by atoms with Crippen LogP contribution < -0.4 is 5.32 Å². The van der Waals surface area contributed by atoms with Crippen LogP contribution in [0.3, 0.4) is 0 Å². The van der Waals surface area contributed by atoms with E-state index in [2.05, 4.69) is 16.4 Å². The highest BCUT2D eigenvalue weighted by Crippen LogP contribution is 2.22. The number of carbonyl (C=O) groups is 1. The minimum atomic E-state index is -0.249. The molecule has 1 N–H and O–H groups in total. The molecule has 0 unspecified atom stereocenters. The van der Waals surface area contributed by atoms with Crippen molar-refractivity contribution in [3.05, 3.63) is 35.9 Å². The Balaban J connectivity index is 1.98. The molecule has 0 atom stereocenters. The van der Waals surface area contributed by atoms with Crippen molar-refractivity contribution in [1.29, 1.82) is 0 Å². The molecule has 0 spiro atoms. The van der Waals surface area contributed by atoms with Crippen LogP contribution in [0.1, 0.15) is 12.5 Å². The molecule has 3 rings (SSSR count). The molecule has 1 aliphatic rings. The van der Waals surface area contributed by atoms with Crippen molar-refractivity contribution < 1.29 is 9.53 Å². The van der Waals surface area contributed by atoms with E-state index in [9.17, 15) is 4.79 Å². The maximum absolute atomic E-state index is 11.6. The van der Waals surface area contributed by atoms with Crippen molar-refractivity contribution in [1.82, 2.24) is 9.88 Å². The Kier molecular flexibility index (Phi) is 3.41. The second-order valence-corrected chi connectivity index (χ2v) is 4.76. The largest absolute Gasteiger partial charge is 0.448 e. The van der Waals surface area contributed by atoms with Gasteiger partial charge in [-0.25, -0.2) is 9.78 Å². The molecule has 1 saturated heterocycles. The average Bonchev–Trinajstić information content (AvgIpc) is 2.85. The summed E-state index contributed by atoms with van der Waals surface area (Å²) >= 11 is 0. The molecule has 0 bridgehead atoms. The van der Waals surface area contributed by atoms with E-state index in [-0.39, 0.29) is 6.09 Å². The summed E-state index contributed by atoms with van der Waals surface area (Å²) in [6, 6.07) is 10.1. The Morgan fingerprint density at radius 3 is 3.00 bits per heavy atom. The van der Waals surface area contributed by atoms with Crippen LogP contribution in [0.5, 0.6) is 0 Å². The fourth-order valence-corrected chi connectivity index (χ4v) is 2.38. The maximum Gasteiger partial charge on any atom is 0.410 e. The lowest BCUT2D eigenvalue weighted by atomic mass is 10.1. The predicted octanol–water partition coefficient (Wildman–Crippen LogP) is 2.62. The highest BCUT2D eigenvalue weighted by Gasteiger charge is 2.23. The van der Waals surface area contributed by atoms with Gasteiger partial charge in [-0.15, -0.1) is 0 Å². The van der Waals surface area contributed by atoms with Crippen molar-refractivity contribution in [2.75, 3.05) is 25.0 Å². The summed E-state index contributed by atoms with van der Waals surface area (Å²) in [6.07, 6.45) is -0.249. The highest BCUT2D eigenvalue weighted by molar-refractivity contribution is 5.82. The molecule has 2 aromatic rings. The number of rotatable bonds is 4. The third kappa shape index (κ3) is 2.39. The predicted molar refractivity (Wildman–Crippen MR) is 77.7 cm³/mol. The molecule has 0 radical (unpaired) electrons. The van der Waals surface area contributed by atoms with Gasteiger partial charge in [-0.3, -0.25) is 0 Å². The molecule has 1 fully saturated rings. The molecule has 5 nitrogen and oxygen atoms in total. The smallest absolute Gasteiger partial charge is 0.410 e. The molecule has 1 aromatic carbocycles. The van der Waals surface area contributed by atoms with Crippen LogP contribution in [-0.4, -0.2) is 35.7 Å². The number of para-hydroxylation sites is 1. The minimum Gasteiger partial charge on any atom is -0.448 e. The summed E-state index contributed by atoms with van der Waals surface area (Å²) in [6.45, 7) is 4.46. The first kappa shape index (κ1) is 12.7. The Morgan fingerprint density at radius 2 is 2.25 bits per heavy atom. The Labute approximate surface area is 117 Å². The average molecular weight is 271 g/mol. The van der Waals surface area contributed by atoms with Gasteiger partial charge in [0.2, 0.25) is 0 Å². The zero-order valence-electron chi connectivity index (χ0n) is 11.4. The number of nitrogens with one attached hydrogen (secondary N) is 1. The number of hydrogen-bond donors (Lipinski definition) is 1. The van der Waals surface area contributed by atoms with E-state index in [4.69, 9.17) is 4.74 Å². The van der Waals surface area contributed by atoms with Gasteiger partial charge >= 0.3 is 6.09 Å². The number of pyridine rings is 1. The number of ether oxygens (including phenoxy) is 1. The van der Waals surface area contributed by atoms with Gasteiger partial charge in [0.25, 0.3) is 0 Å². The zero-order chi connectivity index (χ0) is 13.9. The third-order valence-corrected chi connectivity index (χ3v) is 3.35. The molecule has 2 heterocycles. The second kappa shape index (κ2) is 5.36. The van der Waals surface area contributed by atoms with Crippen molar-refractivity contribution in [2.45, 2.75) is 13.5 Å². The number of amides is 1. The van der Waals surface area contributed by atoms with Gasteiger partial charge in [-0.2, -0.15) is 0 Å². The summed E-state index contributed by atoms with van der Waals surface area (Å²) in [7, 11) is 0. The van der Waals surface area contributed by atoms with Crippen LogP contribution in [-0.2, 0) is 11.3 Å². The fraction of sp³-hybridized carbons (Fsp3) is 0.333. The molecule has 1 amide bonds. The minimum absolute atomic E-state index is 0.249. The molecular formula is C15H17N3O2. The molecular weight excluding hydrogens is 254 g/mol. The third-order valence-electron chi connectivity index (χ3n) is 3.35. The first-order valence-electron chi connectivity index (χ1n) is 6.82. The van der Waals surface area contributed by atoms with Crippen LogP contribution in [0.2, 0.25) is 0 Å². The molecule has 20 heavy (non-hydrogen) atoms. The fourth-order valence-electron chi connectivity index (χ4n) is 2.38. The molecule has 1 aromatic heterocycles. The van der Waals surface area contributed by atoms with Gasteiger partial charge < -0.3 is 15.0 Å². The number of benzene rings is 1. The summed E-state index contributed by atoms with van der Waals surface area (Å²) in [5.41, 5.74) is 1.97. The quantitative estimate of drug-likeness (QED) is 0.928. The van der Waals surface area contributed by atoms with Gasteiger partial charge in [0, 0.05) is 17.5 Å².